The molecule has 0 aliphatic heterocycles. The quantitative estimate of drug-likeness (QED) is 0.501. The number of aliphatic hydroxyl groups excluding tert-OH is 1. The van der Waals surface area contributed by atoms with E-state index in [-0.39, 0.29) is 18.4 Å². The highest BCUT2D eigenvalue weighted by molar-refractivity contribution is 5.88. The lowest BCUT2D eigenvalue weighted by Crippen LogP contribution is -2.48. The molecule has 7 nitrogen and oxygen atoms in total. The van der Waals surface area contributed by atoms with Crippen LogP contribution in [0.1, 0.15) is 38.7 Å². The molecule has 0 aliphatic carbocycles. The summed E-state index contributed by atoms with van der Waals surface area (Å²) in [6, 6.07) is 13.1. The number of carbonyl (C=O) groups is 2. The van der Waals surface area contributed by atoms with Crippen molar-refractivity contribution in [2.45, 2.75) is 39.2 Å². The SMILES string of the molecule is CC(C)(C)[C@@H](CO)NC(=O)[C@@H](CC(=O)O)c1ccn(-c2ccc(-c3ccncc3)cc2)c1. The van der Waals surface area contributed by atoms with Gasteiger partial charge in [0.15, 0.2) is 0 Å². The van der Waals surface area contributed by atoms with E-state index < -0.39 is 23.8 Å². The maximum absolute atomic E-state index is 12.9. The van der Waals surface area contributed by atoms with E-state index in [4.69, 9.17) is 0 Å². The second-order valence-electron chi connectivity index (χ2n) is 8.90. The molecule has 0 bridgehead atoms. The number of nitrogens with zero attached hydrogens (tertiary/aromatic N) is 2. The number of carbonyl (C=O) groups excluding carboxylic acids is 1. The molecule has 0 saturated heterocycles. The first-order valence-corrected chi connectivity index (χ1v) is 10.5. The number of carboxylic acids is 1. The Hall–Kier alpha value is -3.45. The van der Waals surface area contributed by atoms with Crippen molar-refractivity contribution in [1.82, 2.24) is 14.9 Å². The van der Waals surface area contributed by atoms with Crippen LogP contribution in [0.3, 0.4) is 0 Å². The number of aliphatic carboxylic acids is 1. The van der Waals surface area contributed by atoms with E-state index in [9.17, 15) is 19.8 Å². The van der Waals surface area contributed by atoms with E-state index in [1.807, 2.05) is 67.9 Å². The fourth-order valence-corrected chi connectivity index (χ4v) is 3.50. The first-order chi connectivity index (χ1) is 15.2. The van der Waals surface area contributed by atoms with Crippen molar-refractivity contribution in [2.24, 2.45) is 5.41 Å². The summed E-state index contributed by atoms with van der Waals surface area (Å²) in [5.41, 5.74) is 3.26. The number of pyridine rings is 1. The van der Waals surface area contributed by atoms with Crippen LogP contribution in [0.5, 0.6) is 0 Å². The van der Waals surface area contributed by atoms with Crippen molar-refractivity contribution >= 4 is 11.9 Å². The van der Waals surface area contributed by atoms with E-state index in [0.717, 1.165) is 16.8 Å². The summed E-state index contributed by atoms with van der Waals surface area (Å²) in [4.78, 5) is 28.4. The van der Waals surface area contributed by atoms with Gasteiger partial charge in [0.1, 0.15) is 0 Å². The van der Waals surface area contributed by atoms with Gasteiger partial charge in [0, 0.05) is 30.5 Å². The Kier molecular flexibility index (Phi) is 7.10. The van der Waals surface area contributed by atoms with Crippen LogP contribution >= 0.6 is 0 Å². The second-order valence-corrected chi connectivity index (χ2v) is 8.90. The lowest BCUT2D eigenvalue weighted by molar-refractivity contribution is -0.140. The number of hydrogen-bond acceptors (Lipinski definition) is 4. The molecule has 0 spiro atoms. The fourth-order valence-electron chi connectivity index (χ4n) is 3.50. The summed E-state index contributed by atoms with van der Waals surface area (Å²) in [6.45, 7) is 5.51. The molecule has 0 saturated carbocycles. The van der Waals surface area contributed by atoms with Gasteiger partial charge in [-0.2, -0.15) is 0 Å². The van der Waals surface area contributed by atoms with Gasteiger partial charge >= 0.3 is 5.97 Å². The predicted molar refractivity (Wildman–Crippen MR) is 122 cm³/mol. The van der Waals surface area contributed by atoms with Gasteiger partial charge in [0.2, 0.25) is 5.91 Å². The fraction of sp³-hybridized carbons (Fsp3) is 0.320. The van der Waals surface area contributed by atoms with Gasteiger partial charge in [0.25, 0.3) is 0 Å². The second kappa shape index (κ2) is 9.78. The Labute approximate surface area is 187 Å². The Bertz CT molecular complexity index is 1050. The van der Waals surface area contributed by atoms with Gasteiger partial charge < -0.3 is 20.1 Å². The molecule has 0 fully saturated rings. The average molecular weight is 436 g/mol. The van der Waals surface area contributed by atoms with E-state index in [1.54, 1.807) is 24.7 Å². The van der Waals surface area contributed by atoms with Crippen molar-refractivity contribution in [1.29, 1.82) is 0 Å². The molecule has 168 valence electrons. The molecular weight excluding hydrogens is 406 g/mol. The monoisotopic (exact) mass is 435 g/mol. The van der Waals surface area contributed by atoms with Crippen molar-refractivity contribution in [3.63, 3.8) is 0 Å². The first kappa shape index (κ1) is 23.2. The summed E-state index contributed by atoms with van der Waals surface area (Å²) in [7, 11) is 0. The summed E-state index contributed by atoms with van der Waals surface area (Å²) >= 11 is 0. The molecule has 2 aromatic heterocycles. The minimum atomic E-state index is -1.06. The minimum Gasteiger partial charge on any atom is -0.481 e. The summed E-state index contributed by atoms with van der Waals surface area (Å²) < 4.78 is 1.86. The molecule has 2 heterocycles. The van der Waals surface area contributed by atoms with Crippen LogP contribution in [0, 0.1) is 5.41 Å². The Morgan fingerprint density at radius 1 is 1.03 bits per heavy atom. The molecule has 7 heteroatoms. The maximum Gasteiger partial charge on any atom is 0.304 e. The third-order valence-electron chi connectivity index (χ3n) is 5.54. The molecule has 1 amide bonds. The van der Waals surface area contributed by atoms with E-state index in [2.05, 4.69) is 10.3 Å². The number of aliphatic hydroxyl groups is 1. The minimum absolute atomic E-state index is 0.222. The predicted octanol–water partition coefficient (Wildman–Crippen LogP) is 3.62. The Morgan fingerprint density at radius 3 is 2.22 bits per heavy atom. The standard InChI is InChI=1S/C25H29N3O4/c1-25(2,3)22(16-29)27-24(32)21(14-23(30)31)19-10-13-28(15-19)20-6-4-17(5-7-20)18-8-11-26-12-9-18/h4-13,15,21-22,29H,14,16H2,1-3H3,(H,27,32)(H,30,31)/t21-,22+/m0/s1. The highest BCUT2D eigenvalue weighted by Gasteiger charge is 2.31. The molecule has 0 unspecified atom stereocenters. The van der Waals surface area contributed by atoms with Gasteiger partial charge in [0.05, 0.1) is 25.0 Å². The van der Waals surface area contributed by atoms with Crippen molar-refractivity contribution < 1.29 is 19.8 Å². The van der Waals surface area contributed by atoms with Crippen LogP contribution in [0.25, 0.3) is 16.8 Å². The topological polar surface area (TPSA) is 104 Å². The third-order valence-corrected chi connectivity index (χ3v) is 5.54. The van der Waals surface area contributed by atoms with E-state index >= 15 is 0 Å². The summed E-state index contributed by atoms with van der Waals surface area (Å²) in [6.07, 6.45) is 6.75. The molecule has 3 rings (SSSR count). The Morgan fingerprint density at radius 2 is 1.66 bits per heavy atom. The maximum atomic E-state index is 12.9. The molecule has 3 aromatic rings. The number of amides is 1. The van der Waals surface area contributed by atoms with Crippen LogP contribution in [0.4, 0.5) is 0 Å². The lowest BCUT2D eigenvalue weighted by atomic mass is 9.86. The molecule has 1 aromatic carbocycles. The number of hydrogen-bond donors (Lipinski definition) is 3. The zero-order valence-corrected chi connectivity index (χ0v) is 18.5. The highest BCUT2D eigenvalue weighted by atomic mass is 16.4. The largest absolute Gasteiger partial charge is 0.481 e. The van der Waals surface area contributed by atoms with Crippen LogP contribution in [-0.2, 0) is 9.59 Å². The molecule has 32 heavy (non-hydrogen) atoms. The molecule has 2 atom stereocenters. The third kappa shape index (κ3) is 5.62. The van der Waals surface area contributed by atoms with Crippen LogP contribution in [0.15, 0.2) is 67.3 Å². The average Bonchev–Trinajstić information content (AvgIpc) is 3.25. The van der Waals surface area contributed by atoms with Crippen LogP contribution < -0.4 is 5.32 Å². The normalized spacial score (nSPS) is 13.4. The first-order valence-electron chi connectivity index (χ1n) is 10.5. The molecule has 0 radical (unpaired) electrons. The van der Waals surface area contributed by atoms with Gasteiger partial charge in [-0.1, -0.05) is 32.9 Å². The van der Waals surface area contributed by atoms with E-state index in [0.29, 0.717) is 5.56 Å². The van der Waals surface area contributed by atoms with Crippen molar-refractivity contribution in [3.05, 3.63) is 72.8 Å². The number of benzene rings is 1. The smallest absolute Gasteiger partial charge is 0.304 e. The Balaban J connectivity index is 1.82. The van der Waals surface area contributed by atoms with Crippen LogP contribution in [0.2, 0.25) is 0 Å². The number of carboxylic acid groups (broad SMARTS) is 1. The van der Waals surface area contributed by atoms with Crippen molar-refractivity contribution in [2.75, 3.05) is 6.61 Å². The van der Waals surface area contributed by atoms with Crippen molar-refractivity contribution in [3.8, 4) is 16.8 Å². The lowest BCUT2D eigenvalue weighted by Gasteiger charge is -2.31. The molecule has 0 aliphatic rings. The van der Waals surface area contributed by atoms with Gasteiger partial charge in [-0.25, -0.2) is 0 Å². The van der Waals surface area contributed by atoms with Gasteiger partial charge in [-0.3, -0.25) is 14.6 Å². The van der Waals surface area contributed by atoms with E-state index in [1.165, 1.54) is 0 Å². The molecular formula is C25H29N3O4. The number of aromatic nitrogens is 2. The molecule has 3 N–H and O–H groups in total. The van der Waals surface area contributed by atoms with Gasteiger partial charge in [-0.15, -0.1) is 0 Å². The number of rotatable bonds is 8. The van der Waals surface area contributed by atoms with Crippen LogP contribution in [-0.4, -0.2) is 44.3 Å². The zero-order chi connectivity index (χ0) is 23.3. The summed E-state index contributed by atoms with van der Waals surface area (Å²) in [5, 5.41) is 21.8. The summed E-state index contributed by atoms with van der Waals surface area (Å²) in [5.74, 6) is -2.33. The number of nitrogens with one attached hydrogen (secondary N) is 1. The van der Waals surface area contributed by atoms with Gasteiger partial charge in [-0.05, 0) is 52.4 Å². The zero-order valence-electron chi connectivity index (χ0n) is 18.5. The highest BCUT2D eigenvalue weighted by Crippen LogP contribution is 2.26.